The van der Waals surface area contributed by atoms with Crippen LogP contribution < -0.4 is 10.6 Å². The summed E-state index contributed by atoms with van der Waals surface area (Å²) >= 11 is 17.6. The van der Waals surface area contributed by atoms with Gasteiger partial charge in [0.25, 0.3) is 0 Å². The molecular formula is C16H15Cl3N2O. The fourth-order valence-electron chi connectivity index (χ4n) is 1.87. The smallest absolute Gasteiger partial charge is 0.238 e. The molecule has 2 rings (SSSR count). The lowest BCUT2D eigenvalue weighted by Crippen LogP contribution is -2.29. The molecule has 116 valence electrons. The first-order valence-corrected chi connectivity index (χ1v) is 7.88. The third kappa shape index (κ3) is 5.50. The van der Waals surface area contributed by atoms with Gasteiger partial charge >= 0.3 is 0 Å². The molecule has 0 aliphatic carbocycles. The molecule has 0 atom stereocenters. The molecule has 2 aromatic rings. The minimum atomic E-state index is -0.152. The van der Waals surface area contributed by atoms with Crippen molar-refractivity contribution in [2.75, 3.05) is 18.4 Å². The molecule has 0 aromatic heterocycles. The predicted molar refractivity (Wildman–Crippen MR) is 93.1 cm³/mol. The molecule has 22 heavy (non-hydrogen) atoms. The highest BCUT2D eigenvalue weighted by molar-refractivity contribution is 6.36. The zero-order chi connectivity index (χ0) is 15.9. The number of rotatable bonds is 6. The summed E-state index contributed by atoms with van der Waals surface area (Å²) in [4.78, 5) is 11.8. The van der Waals surface area contributed by atoms with E-state index >= 15 is 0 Å². The molecule has 0 bridgehead atoms. The topological polar surface area (TPSA) is 41.1 Å². The minimum Gasteiger partial charge on any atom is -0.324 e. The predicted octanol–water partition coefficient (Wildman–Crippen LogP) is 4.42. The lowest BCUT2D eigenvalue weighted by Gasteiger charge is -2.08. The van der Waals surface area contributed by atoms with Crippen molar-refractivity contribution in [1.29, 1.82) is 0 Å². The van der Waals surface area contributed by atoms with Gasteiger partial charge in [0, 0.05) is 10.0 Å². The summed E-state index contributed by atoms with van der Waals surface area (Å²) in [5.41, 5.74) is 1.72. The van der Waals surface area contributed by atoms with Gasteiger partial charge in [0.05, 0.1) is 17.3 Å². The molecule has 0 unspecified atom stereocenters. The van der Waals surface area contributed by atoms with E-state index in [1.165, 1.54) is 0 Å². The van der Waals surface area contributed by atoms with Crippen LogP contribution in [-0.2, 0) is 11.2 Å². The van der Waals surface area contributed by atoms with E-state index in [4.69, 9.17) is 34.8 Å². The zero-order valence-electron chi connectivity index (χ0n) is 11.7. The van der Waals surface area contributed by atoms with Gasteiger partial charge in [-0.15, -0.1) is 0 Å². The first-order chi connectivity index (χ1) is 10.5. The summed E-state index contributed by atoms with van der Waals surface area (Å²) in [7, 11) is 0. The van der Waals surface area contributed by atoms with Crippen LogP contribution in [0.15, 0.2) is 42.5 Å². The lowest BCUT2D eigenvalue weighted by molar-refractivity contribution is -0.115. The van der Waals surface area contributed by atoms with Crippen LogP contribution in [0.25, 0.3) is 0 Å². The van der Waals surface area contributed by atoms with Gasteiger partial charge in [-0.3, -0.25) is 4.79 Å². The summed E-state index contributed by atoms with van der Waals surface area (Å²) in [6, 6.07) is 12.6. The van der Waals surface area contributed by atoms with Gasteiger partial charge in [0.2, 0.25) is 5.91 Å². The second-order valence-corrected chi connectivity index (χ2v) is 6.01. The number of nitrogens with one attached hydrogen (secondary N) is 2. The maximum Gasteiger partial charge on any atom is 0.238 e. The van der Waals surface area contributed by atoms with Crippen molar-refractivity contribution in [3.8, 4) is 0 Å². The summed E-state index contributed by atoms with van der Waals surface area (Å²) in [6.45, 7) is 0.913. The normalized spacial score (nSPS) is 10.5. The number of amides is 1. The number of anilines is 1. The third-order valence-corrected chi connectivity index (χ3v) is 3.79. The second kappa shape index (κ2) is 8.39. The van der Waals surface area contributed by atoms with Gasteiger partial charge in [-0.1, -0.05) is 46.9 Å². The average Bonchev–Trinajstić information content (AvgIpc) is 2.48. The van der Waals surface area contributed by atoms with E-state index in [0.29, 0.717) is 22.3 Å². The van der Waals surface area contributed by atoms with Crippen LogP contribution >= 0.6 is 34.8 Å². The fraction of sp³-hybridized carbons (Fsp3) is 0.188. The Labute approximate surface area is 144 Å². The number of hydrogen-bond acceptors (Lipinski definition) is 2. The van der Waals surface area contributed by atoms with Crippen molar-refractivity contribution in [2.45, 2.75) is 6.42 Å². The Balaban J connectivity index is 1.72. The molecule has 0 aliphatic heterocycles. The molecule has 2 N–H and O–H groups in total. The summed E-state index contributed by atoms with van der Waals surface area (Å²) in [5.74, 6) is -0.152. The molecule has 6 heteroatoms. The number of carbonyl (C=O) groups excluding carboxylic acids is 1. The van der Waals surface area contributed by atoms with Gasteiger partial charge < -0.3 is 10.6 Å². The lowest BCUT2D eigenvalue weighted by atomic mass is 10.1. The van der Waals surface area contributed by atoms with Gasteiger partial charge in [-0.25, -0.2) is 0 Å². The van der Waals surface area contributed by atoms with E-state index in [1.807, 2.05) is 24.3 Å². The average molecular weight is 358 g/mol. The SMILES string of the molecule is O=C(CNCCc1ccc(Cl)cc1)Nc1ccc(Cl)cc1Cl. The molecule has 0 heterocycles. The third-order valence-electron chi connectivity index (χ3n) is 2.99. The summed E-state index contributed by atoms with van der Waals surface area (Å²) < 4.78 is 0. The van der Waals surface area contributed by atoms with Crippen LogP contribution in [-0.4, -0.2) is 19.0 Å². The van der Waals surface area contributed by atoms with E-state index < -0.39 is 0 Å². The maximum atomic E-state index is 11.8. The molecule has 2 aromatic carbocycles. The molecule has 0 spiro atoms. The first-order valence-electron chi connectivity index (χ1n) is 6.74. The Hall–Kier alpha value is -1.26. The summed E-state index contributed by atoms with van der Waals surface area (Å²) in [6.07, 6.45) is 0.826. The number of carbonyl (C=O) groups is 1. The van der Waals surface area contributed by atoms with Crippen molar-refractivity contribution in [1.82, 2.24) is 5.32 Å². The Morgan fingerprint density at radius 3 is 2.32 bits per heavy atom. The fourth-order valence-corrected chi connectivity index (χ4v) is 2.45. The van der Waals surface area contributed by atoms with Gasteiger partial charge in [-0.05, 0) is 48.9 Å². The largest absolute Gasteiger partial charge is 0.324 e. The molecule has 3 nitrogen and oxygen atoms in total. The highest BCUT2D eigenvalue weighted by Gasteiger charge is 2.06. The highest BCUT2D eigenvalue weighted by atomic mass is 35.5. The van der Waals surface area contributed by atoms with Gasteiger partial charge in [-0.2, -0.15) is 0 Å². The number of halogens is 3. The van der Waals surface area contributed by atoms with Crippen LogP contribution in [0.5, 0.6) is 0 Å². The molecule has 0 radical (unpaired) electrons. The van der Waals surface area contributed by atoms with Crippen molar-refractivity contribution >= 4 is 46.4 Å². The molecule has 0 fully saturated rings. The standard InChI is InChI=1S/C16H15Cl3N2O/c17-12-3-1-11(2-4-12)7-8-20-10-16(22)21-15-6-5-13(18)9-14(15)19/h1-6,9,20H,7-8,10H2,(H,21,22). The van der Waals surface area contributed by atoms with Crippen molar-refractivity contribution < 1.29 is 4.79 Å². The summed E-state index contributed by atoms with van der Waals surface area (Å²) in [5, 5.41) is 7.49. The van der Waals surface area contributed by atoms with E-state index in [9.17, 15) is 4.79 Å². The molecule has 0 aliphatic rings. The van der Waals surface area contributed by atoms with E-state index in [0.717, 1.165) is 17.0 Å². The Bertz CT molecular complexity index is 644. The zero-order valence-corrected chi connectivity index (χ0v) is 14.0. The molecule has 0 saturated heterocycles. The van der Waals surface area contributed by atoms with Crippen molar-refractivity contribution in [3.63, 3.8) is 0 Å². The van der Waals surface area contributed by atoms with Crippen LogP contribution in [0.4, 0.5) is 5.69 Å². The van der Waals surface area contributed by atoms with E-state index in [1.54, 1.807) is 18.2 Å². The first kappa shape index (κ1) is 17.1. The Kier molecular flexibility index (Phi) is 6.52. The Morgan fingerprint density at radius 2 is 1.64 bits per heavy atom. The quantitative estimate of drug-likeness (QED) is 0.752. The van der Waals surface area contributed by atoms with Crippen LogP contribution in [0.2, 0.25) is 15.1 Å². The van der Waals surface area contributed by atoms with Gasteiger partial charge in [0.1, 0.15) is 0 Å². The van der Waals surface area contributed by atoms with E-state index in [2.05, 4.69) is 10.6 Å². The monoisotopic (exact) mass is 356 g/mol. The molecular weight excluding hydrogens is 343 g/mol. The number of benzene rings is 2. The minimum absolute atomic E-state index is 0.152. The highest BCUT2D eigenvalue weighted by Crippen LogP contribution is 2.25. The second-order valence-electron chi connectivity index (χ2n) is 4.73. The molecule has 0 saturated carbocycles. The van der Waals surface area contributed by atoms with Crippen LogP contribution in [0, 0.1) is 0 Å². The number of hydrogen-bond donors (Lipinski definition) is 2. The van der Waals surface area contributed by atoms with Crippen LogP contribution in [0.3, 0.4) is 0 Å². The van der Waals surface area contributed by atoms with Crippen molar-refractivity contribution in [3.05, 3.63) is 63.1 Å². The molecule has 1 amide bonds. The Morgan fingerprint density at radius 1 is 0.955 bits per heavy atom. The maximum absolute atomic E-state index is 11.8. The van der Waals surface area contributed by atoms with E-state index in [-0.39, 0.29) is 12.5 Å². The van der Waals surface area contributed by atoms with Crippen LogP contribution in [0.1, 0.15) is 5.56 Å². The van der Waals surface area contributed by atoms with Crippen molar-refractivity contribution in [2.24, 2.45) is 0 Å². The van der Waals surface area contributed by atoms with Gasteiger partial charge in [0.15, 0.2) is 0 Å².